The fraction of sp³-hybridized carbons (Fsp3) is 0. The van der Waals surface area contributed by atoms with Crippen LogP contribution in [0.4, 0.5) is 17.1 Å². The van der Waals surface area contributed by atoms with Crippen LogP contribution < -0.4 is 4.90 Å². The van der Waals surface area contributed by atoms with Crippen LogP contribution in [0.3, 0.4) is 0 Å². The summed E-state index contributed by atoms with van der Waals surface area (Å²) >= 11 is 0. The minimum absolute atomic E-state index is 0.601. The van der Waals surface area contributed by atoms with E-state index in [2.05, 4.69) is 132 Å². The second-order valence-electron chi connectivity index (χ2n) is 12.9. The summed E-state index contributed by atoms with van der Waals surface area (Å²) in [4.78, 5) is 17.4. The van der Waals surface area contributed by atoms with Crippen LogP contribution in [0.5, 0.6) is 0 Å². The Labute approximate surface area is 300 Å². The molecule has 244 valence electrons. The number of benzene rings is 8. The van der Waals surface area contributed by atoms with Gasteiger partial charge in [0.15, 0.2) is 23.1 Å². The molecule has 0 unspecified atom stereocenters. The van der Waals surface area contributed by atoms with Gasteiger partial charge in [0.1, 0.15) is 5.58 Å². The van der Waals surface area contributed by atoms with Crippen molar-refractivity contribution in [3.05, 3.63) is 182 Å². The second-order valence-corrected chi connectivity index (χ2v) is 12.9. The Hall–Kier alpha value is -7.11. The van der Waals surface area contributed by atoms with Gasteiger partial charge in [-0.3, -0.25) is 0 Å². The van der Waals surface area contributed by atoms with Gasteiger partial charge in [-0.15, -0.1) is 0 Å². The first kappa shape index (κ1) is 29.8. The summed E-state index contributed by atoms with van der Waals surface area (Å²) in [6.45, 7) is 0. The highest BCUT2D eigenvalue weighted by molar-refractivity contribution is 6.23. The lowest BCUT2D eigenvalue weighted by atomic mass is 10.0. The van der Waals surface area contributed by atoms with Crippen molar-refractivity contribution in [2.45, 2.75) is 0 Å². The van der Waals surface area contributed by atoms with E-state index < -0.39 is 0 Å². The van der Waals surface area contributed by atoms with Crippen molar-refractivity contribution in [1.82, 2.24) is 15.0 Å². The maximum absolute atomic E-state index is 6.84. The van der Waals surface area contributed by atoms with Crippen molar-refractivity contribution >= 4 is 60.5 Å². The standard InChI is InChI=1S/C47H30N4O/c1-4-15-32(16-5-1)45-48-46(35-25-24-31-14-10-11-17-33(31)28-35)50-47(49-45)36-26-27-42-40(29-36)43-39-23-13-12-18-34(39)30-41(44(43)52-42)51(37-19-6-2-7-20-37)38-21-8-3-9-22-38/h1-30H. The summed E-state index contributed by atoms with van der Waals surface area (Å²) in [6.07, 6.45) is 0. The normalized spacial score (nSPS) is 11.5. The highest BCUT2D eigenvalue weighted by Gasteiger charge is 2.22. The first-order valence-electron chi connectivity index (χ1n) is 17.4. The summed E-state index contributed by atoms with van der Waals surface area (Å²) in [6, 6.07) is 62.7. The maximum Gasteiger partial charge on any atom is 0.164 e. The molecule has 10 aromatic rings. The monoisotopic (exact) mass is 666 g/mol. The fourth-order valence-corrected chi connectivity index (χ4v) is 7.17. The van der Waals surface area contributed by atoms with E-state index in [1.54, 1.807) is 0 Å². The molecule has 0 aliphatic heterocycles. The zero-order valence-corrected chi connectivity index (χ0v) is 28.0. The van der Waals surface area contributed by atoms with Crippen molar-refractivity contribution < 1.29 is 4.42 Å². The van der Waals surface area contributed by atoms with Crippen LogP contribution >= 0.6 is 0 Å². The number of aromatic nitrogens is 3. The molecule has 10 rings (SSSR count). The van der Waals surface area contributed by atoms with E-state index in [9.17, 15) is 0 Å². The molecule has 52 heavy (non-hydrogen) atoms. The molecule has 0 radical (unpaired) electrons. The van der Waals surface area contributed by atoms with Crippen molar-refractivity contribution in [2.24, 2.45) is 0 Å². The van der Waals surface area contributed by atoms with E-state index >= 15 is 0 Å². The van der Waals surface area contributed by atoms with Crippen LogP contribution in [-0.2, 0) is 0 Å². The molecule has 0 spiro atoms. The molecule has 0 saturated carbocycles. The molecule has 8 aromatic carbocycles. The van der Waals surface area contributed by atoms with Crippen LogP contribution in [0.1, 0.15) is 0 Å². The molecule has 0 saturated heterocycles. The second kappa shape index (κ2) is 12.3. The molecule has 0 N–H and O–H groups in total. The number of hydrogen-bond acceptors (Lipinski definition) is 5. The summed E-state index contributed by atoms with van der Waals surface area (Å²) < 4.78 is 6.84. The van der Waals surface area contributed by atoms with Crippen molar-refractivity contribution in [2.75, 3.05) is 4.90 Å². The predicted molar refractivity (Wildman–Crippen MR) is 213 cm³/mol. The van der Waals surface area contributed by atoms with E-state index in [4.69, 9.17) is 19.4 Å². The average molecular weight is 667 g/mol. The molecule has 0 aliphatic carbocycles. The van der Waals surface area contributed by atoms with Gasteiger partial charge in [0.2, 0.25) is 0 Å². The molecule has 2 heterocycles. The van der Waals surface area contributed by atoms with Gasteiger partial charge in [0.25, 0.3) is 0 Å². The van der Waals surface area contributed by atoms with Gasteiger partial charge in [-0.2, -0.15) is 0 Å². The average Bonchev–Trinajstić information content (AvgIpc) is 3.61. The van der Waals surface area contributed by atoms with Crippen LogP contribution in [0, 0.1) is 0 Å². The topological polar surface area (TPSA) is 55.1 Å². The molecule has 0 amide bonds. The number of nitrogens with zero attached hydrogens (tertiary/aromatic N) is 4. The Bertz CT molecular complexity index is 2860. The molecule has 0 bridgehead atoms. The summed E-state index contributed by atoms with van der Waals surface area (Å²) in [5.74, 6) is 1.85. The van der Waals surface area contributed by atoms with Crippen LogP contribution in [0.15, 0.2) is 186 Å². The summed E-state index contributed by atoms with van der Waals surface area (Å²) in [5, 5.41) is 6.60. The molecule has 0 fully saturated rings. The number of rotatable bonds is 6. The van der Waals surface area contributed by atoms with E-state index in [0.717, 1.165) is 71.8 Å². The zero-order chi connectivity index (χ0) is 34.4. The minimum Gasteiger partial charge on any atom is -0.454 e. The number of para-hydroxylation sites is 2. The van der Waals surface area contributed by atoms with E-state index in [1.165, 1.54) is 5.39 Å². The van der Waals surface area contributed by atoms with Gasteiger partial charge in [0.05, 0.1) is 5.69 Å². The number of anilines is 3. The number of fused-ring (bicyclic) bond motifs is 6. The highest BCUT2D eigenvalue weighted by atomic mass is 16.3. The number of hydrogen-bond donors (Lipinski definition) is 0. The molecule has 2 aromatic heterocycles. The highest BCUT2D eigenvalue weighted by Crippen LogP contribution is 2.46. The third kappa shape index (κ3) is 5.15. The van der Waals surface area contributed by atoms with Crippen LogP contribution in [0.2, 0.25) is 0 Å². The van der Waals surface area contributed by atoms with Gasteiger partial charge in [0, 0.05) is 38.8 Å². The third-order valence-corrected chi connectivity index (χ3v) is 9.65. The SMILES string of the molecule is c1ccc(-c2nc(-c3ccc4ccccc4c3)nc(-c3ccc4oc5c(N(c6ccccc6)c6ccccc6)cc6ccccc6c5c4c3)n2)cc1. The Morgan fingerprint density at radius 1 is 0.385 bits per heavy atom. The van der Waals surface area contributed by atoms with Crippen LogP contribution in [0.25, 0.3) is 77.6 Å². The van der Waals surface area contributed by atoms with Crippen molar-refractivity contribution in [3.63, 3.8) is 0 Å². The summed E-state index contributed by atoms with van der Waals surface area (Å²) in [5.41, 5.74) is 7.42. The quantitative estimate of drug-likeness (QED) is 0.177. The van der Waals surface area contributed by atoms with Gasteiger partial charge in [-0.1, -0.05) is 127 Å². The molecular formula is C47H30N4O. The third-order valence-electron chi connectivity index (χ3n) is 9.65. The maximum atomic E-state index is 6.84. The first-order valence-corrected chi connectivity index (χ1v) is 17.4. The smallest absolute Gasteiger partial charge is 0.164 e. The molecule has 5 nitrogen and oxygen atoms in total. The molecule has 0 atom stereocenters. The number of furan rings is 1. The van der Waals surface area contributed by atoms with Gasteiger partial charge < -0.3 is 9.32 Å². The van der Waals surface area contributed by atoms with Gasteiger partial charge in [-0.25, -0.2) is 15.0 Å². The fourth-order valence-electron chi connectivity index (χ4n) is 7.17. The van der Waals surface area contributed by atoms with Gasteiger partial charge >= 0.3 is 0 Å². The lowest BCUT2D eigenvalue weighted by molar-refractivity contribution is 0.669. The Morgan fingerprint density at radius 2 is 0.923 bits per heavy atom. The first-order chi connectivity index (χ1) is 25.8. The molecule has 0 aliphatic rings. The lowest BCUT2D eigenvalue weighted by Gasteiger charge is -2.26. The van der Waals surface area contributed by atoms with E-state index in [1.807, 2.05) is 54.6 Å². The van der Waals surface area contributed by atoms with Gasteiger partial charge in [-0.05, 0) is 76.1 Å². The van der Waals surface area contributed by atoms with E-state index in [0.29, 0.717) is 17.5 Å². The summed E-state index contributed by atoms with van der Waals surface area (Å²) in [7, 11) is 0. The van der Waals surface area contributed by atoms with E-state index in [-0.39, 0.29) is 0 Å². The van der Waals surface area contributed by atoms with Crippen LogP contribution in [-0.4, -0.2) is 15.0 Å². The predicted octanol–water partition coefficient (Wildman–Crippen LogP) is 12.5. The molecular weight excluding hydrogens is 637 g/mol. The Kier molecular flexibility index (Phi) is 7.07. The van der Waals surface area contributed by atoms with Crippen molar-refractivity contribution in [3.8, 4) is 34.2 Å². The largest absolute Gasteiger partial charge is 0.454 e. The Morgan fingerprint density at radius 3 is 1.62 bits per heavy atom. The zero-order valence-electron chi connectivity index (χ0n) is 28.0. The van der Waals surface area contributed by atoms with Crippen molar-refractivity contribution in [1.29, 1.82) is 0 Å². The lowest BCUT2D eigenvalue weighted by Crippen LogP contribution is -2.10. The Balaban J connectivity index is 1.21. The minimum atomic E-state index is 0.601. The molecule has 5 heteroatoms.